The van der Waals surface area contributed by atoms with Crippen LogP contribution < -0.4 is 0 Å². The first-order valence-electron chi connectivity index (χ1n) is 4.58. The van der Waals surface area contributed by atoms with Crippen LogP contribution in [-0.4, -0.2) is 23.8 Å². The van der Waals surface area contributed by atoms with E-state index < -0.39 is 12.1 Å². The van der Waals surface area contributed by atoms with Gasteiger partial charge in [-0.3, -0.25) is 0 Å². The Kier molecular flexibility index (Phi) is 3.53. The number of aliphatic hydroxyl groups is 1. The van der Waals surface area contributed by atoms with Gasteiger partial charge in [0.05, 0.1) is 6.61 Å². The summed E-state index contributed by atoms with van der Waals surface area (Å²) in [7, 11) is 0. The number of carbonyl (C=O) groups is 1. The molecule has 0 saturated heterocycles. The molecular formula is C9H16O3. The Hall–Kier alpha value is -0.570. The summed E-state index contributed by atoms with van der Waals surface area (Å²) in [5, 5.41) is 9.31. The smallest absolute Gasteiger partial charge is 0.334 e. The van der Waals surface area contributed by atoms with Crippen LogP contribution in [0.25, 0.3) is 0 Å². The monoisotopic (exact) mass is 172 g/mol. The highest BCUT2D eigenvalue weighted by Crippen LogP contribution is 2.30. The first kappa shape index (κ1) is 9.52. The van der Waals surface area contributed by atoms with Crippen molar-refractivity contribution in [3.63, 3.8) is 0 Å². The molecule has 1 atom stereocenters. The molecule has 1 fully saturated rings. The highest BCUT2D eigenvalue weighted by molar-refractivity contribution is 5.74. The van der Waals surface area contributed by atoms with Crippen LogP contribution in [0.2, 0.25) is 0 Å². The molecule has 0 unspecified atom stereocenters. The second-order valence-electron chi connectivity index (χ2n) is 3.30. The zero-order valence-electron chi connectivity index (χ0n) is 7.45. The molecule has 1 rings (SSSR count). The molecule has 1 aliphatic carbocycles. The molecule has 0 bridgehead atoms. The molecule has 0 aromatic heterocycles. The van der Waals surface area contributed by atoms with Gasteiger partial charge in [0.2, 0.25) is 0 Å². The van der Waals surface area contributed by atoms with Crippen LogP contribution in [-0.2, 0) is 9.53 Å². The Morgan fingerprint density at radius 3 is 2.75 bits per heavy atom. The van der Waals surface area contributed by atoms with Gasteiger partial charge in [-0.05, 0) is 19.3 Å². The highest BCUT2D eigenvalue weighted by Gasteiger charge is 2.25. The summed E-state index contributed by atoms with van der Waals surface area (Å²) < 4.78 is 4.68. The first-order chi connectivity index (χ1) is 5.74. The molecule has 1 N–H and O–H groups in total. The third-order valence-electron chi connectivity index (χ3n) is 2.34. The van der Waals surface area contributed by atoms with Gasteiger partial charge in [0.25, 0.3) is 0 Å². The molecule has 0 aliphatic heterocycles. The van der Waals surface area contributed by atoms with Crippen molar-refractivity contribution < 1.29 is 14.6 Å². The number of rotatable bonds is 4. The van der Waals surface area contributed by atoms with Gasteiger partial charge < -0.3 is 9.84 Å². The topological polar surface area (TPSA) is 46.5 Å². The van der Waals surface area contributed by atoms with Crippen molar-refractivity contribution in [2.24, 2.45) is 5.92 Å². The van der Waals surface area contributed by atoms with Gasteiger partial charge >= 0.3 is 5.97 Å². The molecule has 12 heavy (non-hydrogen) atoms. The SMILES string of the molecule is CCOC(=O)[C@@H](O)CC1CCC1. The van der Waals surface area contributed by atoms with Crippen molar-refractivity contribution >= 4 is 5.97 Å². The average molecular weight is 172 g/mol. The molecule has 0 radical (unpaired) electrons. The molecule has 0 aromatic rings. The van der Waals surface area contributed by atoms with E-state index in [-0.39, 0.29) is 0 Å². The lowest BCUT2D eigenvalue weighted by Crippen LogP contribution is -2.28. The van der Waals surface area contributed by atoms with E-state index in [0.29, 0.717) is 18.9 Å². The fraction of sp³-hybridized carbons (Fsp3) is 0.889. The average Bonchev–Trinajstić information content (AvgIpc) is 1.97. The maximum atomic E-state index is 10.9. The fourth-order valence-corrected chi connectivity index (χ4v) is 1.38. The minimum absolute atomic E-state index is 0.348. The molecule has 0 heterocycles. The minimum Gasteiger partial charge on any atom is -0.464 e. The summed E-state index contributed by atoms with van der Waals surface area (Å²) in [6, 6.07) is 0. The number of esters is 1. The van der Waals surface area contributed by atoms with Gasteiger partial charge in [-0.25, -0.2) is 4.79 Å². The molecule has 3 nitrogen and oxygen atoms in total. The van der Waals surface area contributed by atoms with Crippen molar-refractivity contribution in [1.29, 1.82) is 0 Å². The summed E-state index contributed by atoms with van der Waals surface area (Å²) in [4.78, 5) is 10.9. The number of hydrogen-bond donors (Lipinski definition) is 1. The van der Waals surface area contributed by atoms with E-state index in [0.717, 1.165) is 12.8 Å². The molecule has 3 heteroatoms. The number of ether oxygens (including phenoxy) is 1. The molecule has 1 aliphatic rings. The largest absolute Gasteiger partial charge is 0.464 e. The summed E-state index contributed by atoms with van der Waals surface area (Å²) in [6.07, 6.45) is 3.22. The maximum absolute atomic E-state index is 10.9. The third-order valence-corrected chi connectivity index (χ3v) is 2.34. The highest BCUT2D eigenvalue weighted by atomic mass is 16.5. The van der Waals surface area contributed by atoms with Crippen molar-refractivity contribution in [1.82, 2.24) is 0 Å². The van der Waals surface area contributed by atoms with E-state index >= 15 is 0 Å². The summed E-state index contributed by atoms with van der Waals surface area (Å²) >= 11 is 0. The van der Waals surface area contributed by atoms with Gasteiger partial charge in [0.1, 0.15) is 0 Å². The number of hydrogen-bond acceptors (Lipinski definition) is 3. The zero-order chi connectivity index (χ0) is 8.97. The molecule has 0 spiro atoms. The van der Waals surface area contributed by atoms with Gasteiger partial charge in [-0.2, -0.15) is 0 Å². The lowest BCUT2D eigenvalue weighted by atomic mass is 9.81. The van der Waals surface area contributed by atoms with Gasteiger partial charge in [0.15, 0.2) is 6.10 Å². The Labute approximate surface area is 72.7 Å². The molecule has 0 aromatic carbocycles. The van der Waals surface area contributed by atoms with Crippen LogP contribution in [0.3, 0.4) is 0 Å². The number of carbonyl (C=O) groups excluding carboxylic acids is 1. The van der Waals surface area contributed by atoms with Crippen LogP contribution in [0, 0.1) is 5.92 Å². The van der Waals surface area contributed by atoms with E-state index in [2.05, 4.69) is 4.74 Å². The Bertz CT molecular complexity index is 152. The predicted octanol–water partition coefficient (Wildman–Crippen LogP) is 1.10. The Morgan fingerprint density at radius 2 is 2.33 bits per heavy atom. The third kappa shape index (κ3) is 2.48. The van der Waals surface area contributed by atoms with Gasteiger partial charge in [-0.1, -0.05) is 19.3 Å². The molecule has 0 amide bonds. The maximum Gasteiger partial charge on any atom is 0.334 e. The minimum atomic E-state index is -0.893. The van der Waals surface area contributed by atoms with Crippen LogP contribution in [0.4, 0.5) is 0 Å². The summed E-state index contributed by atoms with van der Waals surface area (Å²) in [5.41, 5.74) is 0. The second-order valence-corrected chi connectivity index (χ2v) is 3.30. The fourth-order valence-electron chi connectivity index (χ4n) is 1.38. The van der Waals surface area contributed by atoms with Crippen molar-refractivity contribution in [2.75, 3.05) is 6.61 Å². The Balaban J connectivity index is 2.16. The lowest BCUT2D eigenvalue weighted by molar-refractivity contribution is -0.154. The lowest BCUT2D eigenvalue weighted by Gasteiger charge is -2.26. The van der Waals surface area contributed by atoms with E-state index in [9.17, 15) is 9.90 Å². The van der Waals surface area contributed by atoms with Crippen LogP contribution in [0.15, 0.2) is 0 Å². The predicted molar refractivity (Wildman–Crippen MR) is 44.6 cm³/mol. The Morgan fingerprint density at radius 1 is 1.67 bits per heavy atom. The van der Waals surface area contributed by atoms with Crippen molar-refractivity contribution in [3.8, 4) is 0 Å². The molecular weight excluding hydrogens is 156 g/mol. The van der Waals surface area contributed by atoms with E-state index in [1.165, 1.54) is 6.42 Å². The molecule has 70 valence electrons. The summed E-state index contributed by atoms with van der Waals surface area (Å²) in [6.45, 7) is 2.09. The van der Waals surface area contributed by atoms with E-state index in [1.54, 1.807) is 6.92 Å². The van der Waals surface area contributed by atoms with E-state index in [4.69, 9.17) is 0 Å². The normalized spacial score (nSPS) is 19.8. The van der Waals surface area contributed by atoms with Gasteiger partial charge in [-0.15, -0.1) is 0 Å². The molecule has 1 saturated carbocycles. The standard InChI is InChI=1S/C9H16O3/c1-2-12-9(11)8(10)6-7-4-3-5-7/h7-8,10H,2-6H2,1H3/t8-/m0/s1. The second kappa shape index (κ2) is 4.45. The van der Waals surface area contributed by atoms with Crippen molar-refractivity contribution in [3.05, 3.63) is 0 Å². The van der Waals surface area contributed by atoms with Gasteiger partial charge in [0, 0.05) is 0 Å². The van der Waals surface area contributed by atoms with Crippen LogP contribution >= 0.6 is 0 Å². The zero-order valence-corrected chi connectivity index (χ0v) is 7.45. The summed E-state index contributed by atoms with van der Waals surface area (Å²) in [5.74, 6) is 0.0776. The van der Waals surface area contributed by atoms with Crippen molar-refractivity contribution in [2.45, 2.75) is 38.7 Å². The van der Waals surface area contributed by atoms with Crippen LogP contribution in [0.1, 0.15) is 32.6 Å². The van der Waals surface area contributed by atoms with Crippen LogP contribution in [0.5, 0.6) is 0 Å². The quantitative estimate of drug-likeness (QED) is 0.646. The number of aliphatic hydroxyl groups excluding tert-OH is 1. The van der Waals surface area contributed by atoms with E-state index in [1.807, 2.05) is 0 Å². The first-order valence-corrected chi connectivity index (χ1v) is 4.58.